The van der Waals surface area contributed by atoms with Gasteiger partial charge in [-0.3, -0.25) is 9.59 Å². The normalized spacial score (nSPS) is 13.0. The van der Waals surface area contributed by atoms with Gasteiger partial charge in [0.25, 0.3) is 5.91 Å². The van der Waals surface area contributed by atoms with Gasteiger partial charge in [-0.15, -0.1) is 23.1 Å². The number of hydrogen-bond donors (Lipinski definition) is 2. The van der Waals surface area contributed by atoms with Crippen LogP contribution in [-0.4, -0.2) is 22.6 Å². The molecule has 5 nitrogen and oxygen atoms in total. The van der Waals surface area contributed by atoms with Crippen LogP contribution in [0.5, 0.6) is 0 Å². The van der Waals surface area contributed by atoms with Gasteiger partial charge in [0.15, 0.2) is 4.34 Å². The van der Waals surface area contributed by atoms with E-state index in [4.69, 9.17) is 0 Å². The first-order valence-electron chi connectivity index (χ1n) is 8.56. The summed E-state index contributed by atoms with van der Waals surface area (Å²) in [6.07, 6.45) is 0. The Morgan fingerprint density at radius 2 is 2.07 bits per heavy atom. The zero-order chi connectivity index (χ0) is 19.7. The van der Waals surface area contributed by atoms with Crippen LogP contribution in [0, 0.1) is 13.8 Å². The third-order valence-electron chi connectivity index (χ3n) is 4.12. The lowest BCUT2D eigenvalue weighted by molar-refractivity contribution is -0.113. The van der Waals surface area contributed by atoms with E-state index in [0.29, 0.717) is 17.0 Å². The van der Waals surface area contributed by atoms with E-state index in [0.717, 1.165) is 31.1 Å². The van der Waals surface area contributed by atoms with E-state index in [2.05, 4.69) is 15.6 Å². The van der Waals surface area contributed by atoms with Gasteiger partial charge in [0, 0.05) is 32.1 Å². The van der Waals surface area contributed by atoms with Crippen molar-refractivity contribution in [3.05, 3.63) is 58.6 Å². The molecule has 2 heterocycles. The number of fused-ring (bicyclic) bond motifs is 1. The van der Waals surface area contributed by atoms with Crippen LogP contribution in [-0.2, 0) is 4.79 Å². The molecule has 0 spiro atoms. The van der Waals surface area contributed by atoms with Crippen molar-refractivity contribution >= 4 is 58.0 Å². The van der Waals surface area contributed by atoms with Gasteiger partial charge >= 0.3 is 0 Å². The number of thioether (sulfide) groups is 1. The van der Waals surface area contributed by atoms with Gasteiger partial charge in [0.05, 0.1) is 11.4 Å². The summed E-state index contributed by atoms with van der Waals surface area (Å²) in [6.45, 7) is 3.95. The summed E-state index contributed by atoms with van der Waals surface area (Å²) in [4.78, 5) is 30.8. The van der Waals surface area contributed by atoms with Crippen molar-refractivity contribution in [2.75, 3.05) is 16.4 Å². The number of nitrogens with zero attached hydrogens (tertiary/aromatic N) is 1. The summed E-state index contributed by atoms with van der Waals surface area (Å²) >= 11 is 4.72. The third kappa shape index (κ3) is 4.24. The van der Waals surface area contributed by atoms with Crippen molar-refractivity contribution in [1.29, 1.82) is 0 Å². The smallest absolute Gasteiger partial charge is 0.255 e. The first-order chi connectivity index (χ1) is 13.5. The van der Waals surface area contributed by atoms with Crippen LogP contribution in [0.3, 0.4) is 0 Å². The summed E-state index contributed by atoms with van der Waals surface area (Å²) < 4.78 is 1.00. The Kier molecular flexibility index (Phi) is 5.43. The molecule has 0 saturated carbocycles. The van der Waals surface area contributed by atoms with Gasteiger partial charge in [-0.2, -0.15) is 0 Å². The first kappa shape index (κ1) is 19.0. The minimum absolute atomic E-state index is 0.0468. The Morgan fingerprint density at radius 1 is 1.21 bits per heavy atom. The molecule has 2 N–H and O–H groups in total. The van der Waals surface area contributed by atoms with E-state index >= 15 is 0 Å². The highest BCUT2D eigenvalue weighted by Gasteiger charge is 2.17. The quantitative estimate of drug-likeness (QED) is 0.598. The summed E-state index contributed by atoms with van der Waals surface area (Å²) in [5.74, 6) is 0.156. The molecule has 2 aromatic carbocycles. The van der Waals surface area contributed by atoms with Crippen molar-refractivity contribution in [1.82, 2.24) is 4.98 Å². The molecule has 1 aromatic heterocycles. The molecule has 0 atom stereocenters. The number of thiazole rings is 1. The fourth-order valence-corrected chi connectivity index (χ4v) is 5.44. The number of nitrogens with one attached hydrogen (secondary N) is 2. The number of carbonyl (C=O) groups is 2. The van der Waals surface area contributed by atoms with Crippen LogP contribution in [0.2, 0.25) is 0 Å². The maximum Gasteiger partial charge on any atom is 0.255 e. The highest BCUT2D eigenvalue weighted by Crippen LogP contribution is 2.34. The second kappa shape index (κ2) is 7.98. The van der Waals surface area contributed by atoms with Gasteiger partial charge < -0.3 is 10.6 Å². The maximum atomic E-state index is 12.7. The summed E-state index contributed by atoms with van der Waals surface area (Å²) in [5.41, 5.74) is 3.97. The molecule has 1 aliphatic rings. The molecule has 0 aliphatic carbocycles. The highest BCUT2D eigenvalue weighted by atomic mass is 32.2. The van der Waals surface area contributed by atoms with Crippen molar-refractivity contribution in [3.63, 3.8) is 0 Å². The van der Waals surface area contributed by atoms with Crippen molar-refractivity contribution < 1.29 is 9.59 Å². The largest absolute Gasteiger partial charge is 0.324 e. The SMILES string of the molecule is Cc1csc(Sc2ccc(NC(=O)c3ccc4c(c3)NC(=O)CS4)c(C)c2)n1. The lowest BCUT2D eigenvalue weighted by Crippen LogP contribution is -2.20. The molecule has 4 rings (SSSR count). The Balaban J connectivity index is 1.48. The molecule has 0 radical (unpaired) electrons. The molecule has 0 fully saturated rings. The van der Waals surface area contributed by atoms with Crippen LogP contribution in [0.15, 0.2) is 55.9 Å². The zero-order valence-electron chi connectivity index (χ0n) is 15.2. The van der Waals surface area contributed by atoms with Gasteiger partial charge in [0.1, 0.15) is 0 Å². The zero-order valence-corrected chi connectivity index (χ0v) is 17.7. The summed E-state index contributed by atoms with van der Waals surface area (Å²) in [7, 11) is 0. The molecule has 28 heavy (non-hydrogen) atoms. The topological polar surface area (TPSA) is 71.1 Å². The molecule has 8 heteroatoms. The predicted molar refractivity (Wildman–Crippen MR) is 116 cm³/mol. The van der Waals surface area contributed by atoms with Crippen LogP contribution >= 0.6 is 34.9 Å². The Hall–Kier alpha value is -2.29. The second-order valence-electron chi connectivity index (χ2n) is 6.34. The van der Waals surface area contributed by atoms with Gasteiger partial charge in [-0.25, -0.2) is 4.98 Å². The van der Waals surface area contributed by atoms with Gasteiger partial charge in [-0.1, -0.05) is 11.8 Å². The van der Waals surface area contributed by atoms with Gasteiger partial charge in [0.2, 0.25) is 5.91 Å². The van der Waals surface area contributed by atoms with Gasteiger partial charge in [-0.05, 0) is 55.8 Å². The van der Waals surface area contributed by atoms with E-state index in [-0.39, 0.29) is 11.8 Å². The summed E-state index contributed by atoms with van der Waals surface area (Å²) in [6, 6.07) is 11.3. The van der Waals surface area contributed by atoms with E-state index in [9.17, 15) is 9.59 Å². The molecule has 3 aromatic rings. The number of rotatable bonds is 4. The average Bonchev–Trinajstić information content (AvgIpc) is 3.08. The monoisotopic (exact) mass is 427 g/mol. The van der Waals surface area contributed by atoms with Crippen molar-refractivity contribution in [2.45, 2.75) is 28.0 Å². The number of anilines is 2. The Morgan fingerprint density at radius 3 is 2.82 bits per heavy atom. The van der Waals surface area contributed by atoms with E-state index < -0.39 is 0 Å². The molecule has 142 valence electrons. The van der Waals surface area contributed by atoms with E-state index in [1.165, 1.54) is 11.8 Å². The number of hydrogen-bond acceptors (Lipinski definition) is 6. The second-order valence-corrected chi connectivity index (χ2v) is 9.53. The van der Waals surface area contributed by atoms with E-state index in [1.807, 2.05) is 43.5 Å². The molecule has 1 aliphatic heterocycles. The number of amides is 2. The predicted octanol–water partition coefficient (Wildman–Crippen LogP) is 5.21. The molecule has 0 unspecified atom stereocenters. The fraction of sp³-hybridized carbons (Fsp3) is 0.150. The standard InChI is InChI=1S/C20H17N3O2S3/c1-11-7-14(28-20-21-12(2)9-27-20)4-5-15(11)23-19(25)13-3-6-17-16(8-13)22-18(24)10-26-17/h3-9H,10H2,1-2H3,(H,22,24)(H,23,25). The fourth-order valence-electron chi connectivity index (χ4n) is 2.74. The Bertz CT molecular complexity index is 1080. The molecule has 0 saturated heterocycles. The molecular weight excluding hydrogens is 410 g/mol. The van der Waals surface area contributed by atoms with Crippen LogP contribution in [0.1, 0.15) is 21.6 Å². The first-order valence-corrected chi connectivity index (χ1v) is 11.2. The van der Waals surface area contributed by atoms with Crippen LogP contribution < -0.4 is 10.6 Å². The van der Waals surface area contributed by atoms with Crippen LogP contribution in [0.4, 0.5) is 11.4 Å². The lowest BCUT2D eigenvalue weighted by atomic mass is 10.1. The van der Waals surface area contributed by atoms with E-state index in [1.54, 1.807) is 35.2 Å². The number of benzene rings is 2. The number of aromatic nitrogens is 1. The minimum atomic E-state index is -0.202. The lowest BCUT2D eigenvalue weighted by Gasteiger charge is -2.17. The van der Waals surface area contributed by atoms with Crippen molar-refractivity contribution in [3.8, 4) is 0 Å². The molecular formula is C20H17N3O2S3. The average molecular weight is 428 g/mol. The molecule has 2 amide bonds. The third-order valence-corrected chi connectivity index (χ3v) is 7.24. The highest BCUT2D eigenvalue weighted by molar-refractivity contribution is 8.01. The minimum Gasteiger partial charge on any atom is -0.324 e. The Labute approximate surface area is 175 Å². The number of carbonyl (C=O) groups excluding carboxylic acids is 2. The van der Waals surface area contributed by atoms with Crippen LogP contribution in [0.25, 0.3) is 0 Å². The maximum absolute atomic E-state index is 12.7. The number of aryl methyl sites for hydroxylation is 2. The summed E-state index contributed by atoms with van der Waals surface area (Å²) in [5, 5.41) is 7.81. The molecule has 0 bridgehead atoms. The van der Waals surface area contributed by atoms with Crippen molar-refractivity contribution in [2.24, 2.45) is 0 Å².